The smallest absolute Gasteiger partial charge is 0.326 e. The van der Waals surface area contributed by atoms with Gasteiger partial charge in [-0.05, 0) is 75.8 Å². The van der Waals surface area contributed by atoms with E-state index >= 15 is 0 Å². The van der Waals surface area contributed by atoms with Crippen molar-refractivity contribution in [3.8, 4) is 0 Å². The van der Waals surface area contributed by atoms with Gasteiger partial charge in [0.1, 0.15) is 17.6 Å². The summed E-state index contributed by atoms with van der Waals surface area (Å²) in [5.41, 5.74) is 1.31. The molecule has 0 aliphatic carbocycles. The number of carbonyl (C=O) groups is 2. The molecule has 11 heteroatoms. The van der Waals surface area contributed by atoms with E-state index in [1.807, 2.05) is 6.92 Å². The summed E-state index contributed by atoms with van der Waals surface area (Å²) in [4.78, 5) is 35.0. The number of halogens is 2. The number of nitrogens with zero attached hydrogens (tertiary/aromatic N) is 3. The molecule has 1 unspecified atom stereocenters. The van der Waals surface area contributed by atoms with Crippen molar-refractivity contribution in [2.24, 2.45) is 0 Å². The molecule has 208 valence electrons. The quantitative estimate of drug-likeness (QED) is 0.280. The van der Waals surface area contributed by atoms with Crippen LogP contribution in [0.25, 0.3) is 0 Å². The lowest BCUT2D eigenvalue weighted by Crippen LogP contribution is -2.44. The number of carboxylic acids is 1. The highest BCUT2D eigenvalue weighted by Crippen LogP contribution is 2.22. The van der Waals surface area contributed by atoms with Gasteiger partial charge < -0.3 is 25.4 Å². The van der Waals surface area contributed by atoms with Gasteiger partial charge in [-0.15, -0.1) is 0 Å². The molecule has 2 aromatic heterocycles. The summed E-state index contributed by atoms with van der Waals surface area (Å²) in [6.07, 6.45) is 3.27. The van der Waals surface area contributed by atoms with Gasteiger partial charge in [0.2, 0.25) is 0 Å². The van der Waals surface area contributed by atoms with Crippen LogP contribution in [-0.2, 0) is 22.4 Å². The molecular weight excluding hydrogens is 496 g/mol. The highest BCUT2D eigenvalue weighted by Gasteiger charge is 2.25. The second-order valence-corrected chi connectivity index (χ2v) is 9.23. The van der Waals surface area contributed by atoms with Crippen LogP contribution >= 0.6 is 0 Å². The van der Waals surface area contributed by atoms with E-state index in [1.165, 1.54) is 17.8 Å². The van der Waals surface area contributed by atoms with E-state index in [2.05, 4.69) is 32.7 Å². The average molecular weight is 534 g/mol. The summed E-state index contributed by atoms with van der Waals surface area (Å²) in [5.74, 6) is -1.17. The molecule has 3 heterocycles. The molecule has 1 atom stereocenters. The summed E-state index contributed by atoms with van der Waals surface area (Å²) < 4.78 is 32.0. The van der Waals surface area contributed by atoms with E-state index in [0.717, 1.165) is 62.8 Å². The minimum atomic E-state index is -2.89. The number of alkyl halides is 2. The number of aliphatic carboxylic acids is 1. The van der Waals surface area contributed by atoms with Gasteiger partial charge in [0, 0.05) is 43.7 Å². The first-order valence-corrected chi connectivity index (χ1v) is 13.2. The van der Waals surface area contributed by atoms with Crippen molar-refractivity contribution in [1.29, 1.82) is 0 Å². The predicted molar refractivity (Wildman–Crippen MR) is 140 cm³/mol. The Morgan fingerprint density at radius 3 is 2.82 bits per heavy atom. The molecule has 0 saturated carbocycles. The molecule has 2 aromatic rings. The minimum absolute atomic E-state index is 0.113. The molecule has 1 aliphatic heterocycles. The fraction of sp³-hybridized carbons (Fsp3) is 0.556. The Morgan fingerprint density at radius 2 is 2.05 bits per heavy atom. The maximum Gasteiger partial charge on any atom is 0.326 e. The van der Waals surface area contributed by atoms with Gasteiger partial charge in [0.25, 0.3) is 12.3 Å². The van der Waals surface area contributed by atoms with Crippen LogP contribution in [0.5, 0.6) is 0 Å². The number of carbonyl (C=O) groups excluding carboxylic acids is 1. The maximum absolute atomic E-state index is 13.3. The zero-order chi connectivity index (χ0) is 27.3. The van der Waals surface area contributed by atoms with E-state index in [4.69, 9.17) is 9.72 Å². The number of aryl methyl sites for hydroxylation is 2. The maximum atomic E-state index is 13.3. The number of ether oxygens (including phenoxy) is 1. The van der Waals surface area contributed by atoms with Crippen LogP contribution in [0.4, 0.5) is 14.6 Å². The molecule has 1 aliphatic rings. The lowest BCUT2D eigenvalue weighted by atomic mass is 10.1. The Labute approximate surface area is 222 Å². The molecule has 9 nitrogen and oxygen atoms in total. The number of rotatable bonds is 16. The van der Waals surface area contributed by atoms with Crippen molar-refractivity contribution < 1.29 is 28.2 Å². The highest BCUT2D eigenvalue weighted by molar-refractivity contribution is 5.96. The molecule has 0 fully saturated rings. The minimum Gasteiger partial charge on any atom is -0.480 e. The van der Waals surface area contributed by atoms with Crippen molar-refractivity contribution >= 4 is 17.7 Å². The number of fused-ring (bicyclic) bond motifs is 1. The first-order chi connectivity index (χ1) is 18.4. The third-order valence-electron chi connectivity index (χ3n) is 6.49. The van der Waals surface area contributed by atoms with Gasteiger partial charge in [0.05, 0.1) is 6.61 Å². The number of unbranched alkanes of at least 4 members (excludes halogenated alkanes) is 1. The Kier molecular flexibility index (Phi) is 11.8. The van der Waals surface area contributed by atoms with Gasteiger partial charge in [-0.1, -0.05) is 6.07 Å². The van der Waals surface area contributed by atoms with Crippen molar-refractivity contribution in [3.63, 3.8) is 0 Å². The average Bonchev–Trinajstić information content (AvgIpc) is 2.92. The lowest BCUT2D eigenvalue weighted by Gasteiger charge is -2.24. The lowest BCUT2D eigenvalue weighted by molar-refractivity contribution is -0.139. The van der Waals surface area contributed by atoms with E-state index in [9.17, 15) is 23.5 Å². The number of anilines is 1. The summed E-state index contributed by atoms with van der Waals surface area (Å²) in [6.45, 7) is 5.68. The third-order valence-corrected chi connectivity index (χ3v) is 6.49. The molecular formula is C27H37F2N5O4. The molecule has 1 amide bonds. The number of aromatic nitrogens is 2. The summed E-state index contributed by atoms with van der Waals surface area (Å²) in [5, 5.41) is 15.4. The summed E-state index contributed by atoms with van der Waals surface area (Å²) in [7, 11) is 0. The van der Waals surface area contributed by atoms with Crippen molar-refractivity contribution in [1.82, 2.24) is 20.2 Å². The first-order valence-electron chi connectivity index (χ1n) is 13.2. The molecule has 0 saturated heterocycles. The highest BCUT2D eigenvalue weighted by atomic mass is 19.3. The SMILES string of the molecule is CCOCCN(CCCCc1ccc2c(n1)NCCC2)CCC(NC(=O)c1ncccc1C(F)F)C(=O)O. The fourth-order valence-corrected chi connectivity index (χ4v) is 4.40. The number of pyridine rings is 2. The van der Waals surface area contributed by atoms with Crippen LogP contribution in [0.3, 0.4) is 0 Å². The molecule has 0 radical (unpaired) electrons. The Hall–Kier alpha value is -3.18. The normalized spacial score (nSPS) is 13.7. The Bertz CT molecular complexity index is 1060. The van der Waals surface area contributed by atoms with Crippen LogP contribution in [0.2, 0.25) is 0 Å². The van der Waals surface area contributed by atoms with E-state index in [0.29, 0.717) is 26.3 Å². The van der Waals surface area contributed by atoms with Crippen LogP contribution in [-0.4, -0.2) is 77.3 Å². The van der Waals surface area contributed by atoms with Crippen LogP contribution in [0.1, 0.15) is 66.3 Å². The second kappa shape index (κ2) is 15.3. The topological polar surface area (TPSA) is 117 Å². The van der Waals surface area contributed by atoms with Crippen LogP contribution < -0.4 is 10.6 Å². The number of carboxylic acid groups (broad SMARTS) is 1. The summed E-state index contributed by atoms with van der Waals surface area (Å²) in [6, 6.07) is 5.40. The van der Waals surface area contributed by atoms with Gasteiger partial charge >= 0.3 is 5.97 Å². The van der Waals surface area contributed by atoms with Crippen molar-refractivity contribution in [2.45, 2.75) is 57.9 Å². The molecule has 0 spiro atoms. The van der Waals surface area contributed by atoms with Gasteiger partial charge in [0.15, 0.2) is 0 Å². The molecule has 3 rings (SSSR count). The van der Waals surface area contributed by atoms with Gasteiger partial charge in [-0.2, -0.15) is 0 Å². The molecule has 0 aromatic carbocycles. The Balaban J connectivity index is 1.52. The fourth-order valence-electron chi connectivity index (χ4n) is 4.40. The van der Waals surface area contributed by atoms with E-state index < -0.39 is 35.6 Å². The third kappa shape index (κ3) is 8.98. The largest absolute Gasteiger partial charge is 0.480 e. The van der Waals surface area contributed by atoms with Crippen LogP contribution in [0, 0.1) is 0 Å². The number of hydrogen-bond donors (Lipinski definition) is 3. The van der Waals surface area contributed by atoms with Crippen molar-refractivity contribution in [2.75, 3.05) is 44.7 Å². The predicted octanol–water partition coefficient (Wildman–Crippen LogP) is 3.71. The zero-order valence-corrected chi connectivity index (χ0v) is 21.8. The molecule has 3 N–H and O–H groups in total. The standard InChI is InChI=1S/C27H37F2N5O4/c1-2-38-18-17-34(15-4-3-8-20-11-10-19-7-5-14-31-25(19)32-20)16-12-22(27(36)37)33-26(35)23-21(24(28)29)9-6-13-30-23/h6,9-11,13,22,24H,2-5,7-8,12,14-18H2,1H3,(H,31,32)(H,33,35)(H,36,37). The zero-order valence-electron chi connectivity index (χ0n) is 21.8. The van der Waals surface area contributed by atoms with E-state index in [-0.39, 0.29) is 6.42 Å². The molecule has 0 bridgehead atoms. The second-order valence-electron chi connectivity index (χ2n) is 9.23. The number of nitrogens with one attached hydrogen (secondary N) is 2. The number of amides is 1. The monoisotopic (exact) mass is 533 g/mol. The summed E-state index contributed by atoms with van der Waals surface area (Å²) >= 11 is 0. The van der Waals surface area contributed by atoms with Crippen molar-refractivity contribution in [3.05, 3.63) is 53.0 Å². The van der Waals surface area contributed by atoms with Gasteiger partial charge in [-0.3, -0.25) is 9.78 Å². The first kappa shape index (κ1) is 29.4. The number of hydrogen-bond acceptors (Lipinski definition) is 7. The Morgan fingerprint density at radius 1 is 1.21 bits per heavy atom. The van der Waals surface area contributed by atoms with E-state index in [1.54, 1.807) is 0 Å². The van der Waals surface area contributed by atoms with Gasteiger partial charge in [-0.25, -0.2) is 18.6 Å². The van der Waals surface area contributed by atoms with Crippen LogP contribution in [0.15, 0.2) is 30.5 Å². The molecule has 38 heavy (non-hydrogen) atoms.